The molecule has 2 heterocycles. The van der Waals surface area contributed by atoms with Gasteiger partial charge < -0.3 is 0 Å². The average molecular weight is 479 g/mol. The highest BCUT2D eigenvalue weighted by molar-refractivity contribution is 7.89. The van der Waals surface area contributed by atoms with Crippen LogP contribution in [0, 0.1) is 11.8 Å². The van der Waals surface area contributed by atoms with E-state index < -0.39 is 15.9 Å². The number of piperidine rings is 1. The Morgan fingerprint density at radius 1 is 1.13 bits per heavy atom. The van der Waals surface area contributed by atoms with Crippen LogP contribution in [0.5, 0.6) is 0 Å². The molecule has 1 amide bonds. The number of para-hydroxylation sites is 1. The third-order valence-corrected chi connectivity index (χ3v) is 8.33. The van der Waals surface area contributed by atoms with Gasteiger partial charge >= 0.3 is 0 Å². The van der Waals surface area contributed by atoms with Crippen molar-refractivity contribution in [3.63, 3.8) is 0 Å². The number of anilines is 1. The lowest BCUT2D eigenvalue weighted by Crippen LogP contribution is -2.42. The molecule has 7 nitrogen and oxygen atoms in total. The lowest BCUT2D eigenvalue weighted by atomic mass is 9.94. The van der Waals surface area contributed by atoms with E-state index in [1.165, 1.54) is 35.6 Å². The number of nitrogens with one attached hydrogen (secondary N) is 2. The van der Waals surface area contributed by atoms with Gasteiger partial charge in [-0.2, -0.15) is 4.31 Å². The first-order valence-electron chi connectivity index (χ1n) is 9.95. The molecular weight excluding hydrogens is 456 g/mol. The van der Waals surface area contributed by atoms with Gasteiger partial charge in [-0.25, -0.2) is 13.4 Å². The predicted molar refractivity (Wildman–Crippen MR) is 124 cm³/mol. The van der Waals surface area contributed by atoms with E-state index in [1.807, 2.05) is 12.1 Å². The number of hydrogen-bond acceptors (Lipinski definition) is 6. The fourth-order valence-electron chi connectivity index (χ4n) is 3.88. The van der Waals surface area contributed by atoms with E-state index >= 15 is 0 Å². The Balaban J connectivity index is 1.43. The van der Waals surface area contributed by atoms with E-state index in [4.69, 9.17) is 11.6 Å². The van der Waals surface area contributed by atoms with Crippen LogP contribution in [0.4, 0.5) is 5.13 Å². The van der Waals surface area contributed by atoms with Gasteiger partial charge in [0.15, 0.2) is 0 Å². The number of fused-ring (bicyclic) bond motifs is 1. The van der Waals surface area contributed by atoms with E-state index in [0.717, 1.165) is 11.1 Å². The molecule has 1 aliphatic heterocycles. The second-order valence-electron chi connectivity index (χ2n) is 7.98. The number of carbonyl (C=O) groups excluding carboxylic acids is 1. The number of rotatable bonds is 5. The number of sulfonamides is 1. The first kappa shape index (κ1) is 22.0. The highest BCUT2D eigenvalue weighted by Crippen LogP contribution is 2.30. The van der Waals surface area contributed by atoms with E-state index in [2.05, 4.69) is 29.7 Å². The fraction of sp³-hybridized carbons (Fsp3) is 0.333. The molecule has 1 aromatic heterocycles. The smallest absolute Gasteiger partial charge is 0.269 e. The number of nitrogens with zero attached hydrogens (tertiary/aromatic N) is 2. The maximum Gasteiger partial charge on any atom is 0.269 e. The number of amides is 1. The van der Waals surface area contributed by atoms with Crippen LogP contribution < -0.4 is 10.9 Å². The Kier molecular flexibility index (Phi) is 6.20. The van der Waals surface area contributed by atoms with Gasteiger partial charge in [0.1, 0.15) is 5.52 Å². The number of hydrogen-bond donors (Lipinski definition) is 2. The minimum Gasteiger partial charge on any atom is -0.273 e. The molecule has 1 saturated heterocycles. The highest BCUT2D eigenvalue weighted by Gasteiger charge is 2.31. The van der Waals surface area contributed by atoms with Crippen LogP contribution in [0.25, 0.3) is 10.2 Å². The molecule has 1 fully saturated rings. The Hall–Kier alpha value is -2.20. The van der Waals surface area contributed by atoms with Crippen molar-refractivity contribution in [3.05, 3.63) is 53.1 Å². The van der Waals surface area contributed by atoms with E-state index in [1.54, 1.807) is 10.4 Å². The van der Waals surface area contributed by atoms with E-state index in [0.29, 0.717) is 46.2 Å². The van der Waals surface area contributed by atoms with Crippen molar-refractivity contribution in [1.29, 1.82) is 0 Å². The monoisotopic (exact) mass is 478 g/mol. The molecule has 2 atom stereocenters. The second-order valence-corrected chi connectivity index (χ2v) is 11.4. The summed E-state index contributed by atoms with van der Waals surface area (Å²) in [6.45, 7) is 5.17. The lowest BCUT2D eigenvalue weighted by molar-refractivity contribution is 0.0962. The Labute approximate surface area is 190 Å². The molecule has 2 aromatic carbocycles. The van der Waals surface area contributed by atoms with Gasteiger partial charge in [0, 0.05) is 18.7 Å². The van der Waals surface area contributed by atoms with Gasteiger partial charge in [0.2, 0.25) is 15.2 Å². The average Bonchev–Trinajstić information content (AvgIpc) is 3.16. The number of thiazole rings is 1. The quantitative estimate of drug-likeness (QED) is 0.531. The van der Waals surface area contributed by atoms with Crippen molar-refractivity contribution in [3.8, 4) is 0 Å². The van der Waals surface area contributed by atoms with Gasteiger partial charge in [0.05, 0.1) is 14.6 Å². The van der Waals surface area contributed by atoms with Crippen LogP contribution in [0.3, 0.4) is 0 Å². The molecule has 3 aromatic rings. The molecule has 10 heteroatoms. The fourth-order valence-corrected chi connectivity index (χ4v) is 6.68. The molecule has 0 saturated carbocycles. The second kappa shape index (κ2) is 8.74. The van der Waals surface area contributed by atoms with Crippen LogP contribution in [0.1, 0.15) is 30.6 Å². The largest absolute Gasteiger partial charge is 0.273 e. The number of halogens is 1. The van der Waals surface area contributed by atoms with Crippen LogP contribution >= 0.6 is 22.9 Å². The summed E-state index contributed by atoms with van der Waals surface area (Å²) in [5, 5.41) is 1.05. The summed E-state index contributed by atoms with van der Waals surface area (Å²) in [6.07, 6.45) is 1.03. The topological polar surface area (TPSA) is 91.4 Å². The molecule has 0 aliphatic carbocycles. The van der Waals surface area contributed by atoms with Crippen molar-refractivity contribution in [2.75, 3.05) is 18.5 Å². The minimum absolute atomic E-state index is 0.194. The summed E-state index contributed by atoms with van der Waals surface area (Å²) < 4.78 is 28.4. The van der Waals surface area contributed by atoms with Crippen LogP contribution in [-0.2, 0) is 10.0 Å². The summed E-state index contributed by atoms with van der Waals surface area (Å²) in [5.41, 5.74) is 6.38. The zero-order valence-corrected chi connectivity index (χ0v) is 19.5. The van der Waals surface area contributed by atoms with E-state index in [-0.39, 0.29) is 4.90 Å². The standard InChI is InChI=1S/C21H23ClN4O3S2/c1-13-10-14(2)12-26(11-13)31(28,29)16-8-6-15(7-9-16)20(27)24-25-21-23-19-17(22)4-3-5-18(19)30-21/h3-9,13-14H,10-12H2,1-2H3,(H,23,25)(H,24,27)/t13-,14+. The maximum absolute atomic E-state index is 13.0. The highest BCUT2D eigenvalue weighted by atomic mass is 35.5. The summed E-state index contributed by atoms with van der Waals surface area (Å²) >= 11 is 7.49. The molecule has 2 N–H and O–H groups in total. The lowest BCUT2D eigenvalue weighted by Gasteiger charge is -2.34. The van der Waals surface area contributed by atoms with Gasteiger partial charge in [-0.05, 0) is 54.7 Å². The molecule has 0 spiro atoms. The number of carbonyl (C=O) groups is 1. The molecule has 0 unspecified atom stereocenters. The normalized spacial score (nSPS) is 20.0. The van der Waals surface area contributed by atoms with Crippen LogP contribution in [0.15, 0.2) is 47.4 Å². The first-order valence-corrected chi connectivity index (χ1v) is 12.6. The van der Waals surface area contributed by atoms with Crippen molar-refractivity contribution >= 4 is 54.2 Å². The van der Waals surface area contributed by atoms with Gasteiger partial charge in [-0.3, -0.25) is 15.6 Å². The number of hydrazine groups is 1. The molecule has 1 aliphatic rings. The zero-order chi connectivity index (χ0) is 22.2. The van der Waals surface area contributed by atoms with E-state index in [9.17, 15) is 13.2 Å². The molecule has 31 heavy (non-hydrogen) atoms. The number of benzene rings is 2. The van der Waals surface area contributed by atoms with Crippen LogP contribution in [-0.4, -0.2) is 36.7 Å². The summed E-state index contributed by atoms with van der Waals surface area (Å²) in [6, 6.07) is 11.5. The first-order chi connectivity index (χ1) is 14.7. The summed E-state index contributed by atoms with van der Waals surface area (Å²) in [7, 11) is -3.58. The Bertz CT molecular complexity index is 1200. The molecule has 0 radical (unpaired) electrons. The van der Waals surface area contributed by atoms with Crippen molar-refractivity contribution in [2.45, 2.75) is 25.2 Å². The molecule has 0 bridgehead atoms. The van der Waals surface area contributed by atoms with Crippen molar-refractivity contribution in [1.82, 2.24) is 14.7 Å². The van der Waals surface area contributed by atoms with Gasteiger partial charge in [0.25, 0.3) is 5.91 Å². The van der Waals surface area contributed by atoms with Crippen LogP contribution in [0.2, 0.25) is 5.02 Å². The number of aromatic nitrogens is 1. The minimum atomic E-state index is -3.58. The third-order valence-electron chi connectivity index (χ3n) is 5.24. The predicted octanol–water partition coefficient (Wildman–Crippen LogP) is 4.37. The molecule has 164 valence electrons. The Morgan fingerprint density at radius 2 is 1.81 bits per heavy atom. The van der Waals surface area contributed by atoms with Gasteiger partial charge in [-0.1, -0.05) is 42.9 Å². The maximum atomic E-state index is 13.0. The van der Waals surface area contributed by atoms with Crippen molar-refractivity contribution < 1.29 is 13.2 Å². The summed E-state index contributed by atoms with van der Waals surface area (Å²) in [5.74, 6) is 0.258. The molecular formula is C21H23ClN4O3S2. The Morgan fingerprint density at radius 3 is 2.45 bits per heavy atom. The third kappa shape index (κ3) is 4.69. The SMILES string of the molecule is C[C@@H]1C[C@H](C)CN(S(=O)(=O)c2ccc(C(=O)NNc3nc4c(Cl)cccc4s3)cc2)C1. The summed E-state index contributed by atoms with van der Waals surface area (Å²) in [4.78, 5) is 17.0. The van der Waals surface area contributed by atoms with Crippen molar-refractivity contribution in [2.24, 2.45) is 11.8 Å². The molecule has 4 rings (SSSR count). The van der Waals surface area contributed by atoms with Gasteiger partial charge in [-0.15, -0.1) is 0 Å². The zero-order valence-electron chi connectivity index (χ0n) is 17.1.